The van der Waals surface area contributed by atoms with Crippen LogP contribution in [0.25, 0.3) is 0 Å². The Morgan fingerprint density at radius 3 is 2.40 bits per heavy atom. The van der Waals surface area contributed by atoms with Crippen LogP contribution in [0.2, 0.25) is 0 Å². The maximum absolute atomic E-state index is 12.6. The van der Waals surface area contributed by atoms with E-state index in [-0.39, 0.29) is 11.3 Å². The van der Waals surface area contributed by atoms with E-state index in [2.05, 4.69) is 10.6 Å². The number of aryl methyl sites for hydroxylation is 1. The first-order valence-corrected chi connectivity index (χ1v) is 11.6. The number of rotatable bonds is 8. The van der Waals surface area contributed by atoms with Crippen molar-refractivity contribution in [3.63, 3.8) is 0 Å². The maximum Gasteiger partial charge on any atom is 0.338 e. The maximum atomic E-state index is 12.6. The Morgan fingerprint density at radius 1 is 0.857 bits per heavy atom. The number of para-hydroxylation sites is 1. The lowest BCUT2D eigenvalue weighted by molar-refractivity contribution is -0.119. The van der Waals surface area contributed by atoms with Crippen molar-refractivity contribution < 1.29 is 23.5 Å². The fraction of sp³-hybridized carbons (Fsp3) is 0.0741. The van der Waals surface area contributed by atoms with Gasteiger partial charge in [0.05, 0.1) is 17.5 Å². The van der Waals surface area contributed by atoms with Gasteiger partial charge in [-0.3, -0.25) is 9.59 Å². The number of furan rings is 1. The molecule has 2 amide bonds. The van der Waals surface area contributed by atoms with Crippen molar-refractivity contribution in [2.24, 2.45) is 0 Å². The minimum atomic E-state index is -0.680. The third-order valence-electron chi connectivity index (χ3n) is 4.93. The molecule has 0 radical (unpaired) electrons. The van der Waals surface area contributed by atoms with Crippen LogP contribution in [0.15, 0.2) is 105 Å². The molecule has 0 atom stereocenters. The van der Waals surface area contributed by atoms with Crippen LogP contribution >= 0.6 is 11.8 Å². The highest BCUT2D eigenvalue weighted by Gasteiger charge is 2.15. The molecule has 0 saturated heterocycles. The van der Waals surface area contributed by atoms with Crippen LogP contribution < -0.4 is 10.6 Å². The van der Waals surface area contributed by atoms with Crippen LogP contribution in [0.1, 0.15) is 26.5 Å². The SMILES string of the molecule is Cc1ccc(C(=O)OCC(=O)Nc2ccccc2Sc2ccccc2)cc1NC(=O)c1ccco1. The van der Waals surface area contributed by atoms with E-state index in [1.165, 1.54) is 30.2 Å². The van der Waals surface area contributed by atoms with Gasteiger partial charge in [0, 0.05) is 15.5 Å². The molecule has 0 unspecified atom stereocenters. The van der Waals surface area contributed by atoms with Gasteiger partial charge in [0.1, 0.15) is 0 Å². The van der Waals surface area contributed by atoms with E-state index in [0.717, 1.165) is 15.4 Å². The highest BCUT2D eigenvalue weighted by Crippen LogP contribution is 2.33. The molecule has 35 heavy (non-hydrogen) atoms. The minimum absolute atomic E-state index is 0.153. The molecule has 0 aliphatic rings. The lowest BCUT2D eigenvalue weighted by Gasteiger charge is -2.12. The Kier molecular flexibility index (Phi) is 7.64. The second-order valence-corrected chi connectivity index (χ2v) is 8.61. The van der Waals surface area contributed by atoms with Gasteiger partial charge >= 0.3 is 5.97 Å². The molecule has 8 heteroatoms. The van der Waals surface area contributed by atoms with E-state index < -0.39 is 24.4 Å². The highest BCUT2D eigenvalue weighted by atomic mass is 32.2. The third-order valence-corrected chi connectivity index (χ3v) is 6.02. The van der Waals surface area contributed by atoms with Gasteiger partial charge in [-0.05, 0) is 61.0 Å². The lowest BCUT2D eigenvalue weighted by Crippen LogP contribution is -2.21. The number of anilines is 2. The van der Waals surface area contributed by atoms with E-state index >= 15 is 0 Å². The van der Waals surface area contributed by atoms with Crippen molar-refractivity contribution in [2.75, 3.05) is 17.2 Å². The molecular weight excluding hydrogens is 464 g/mol. The molecule has 0 fully saturated rings. The Morgan fingerprint density at radius 2 is 1.63 bits per heavy atom. The fourth-order valence-corrected chi connectivity index (χ4v) is 4.07. The number of amides is 2. The van der Waals surface area contributed by atoms with E-state index in [4.69, 9.17) is 9.15 Å². The molecule has 176 valence electrons. The van der Waals surface area contributed by atoms with Crippen LogP contribution in [0, 0.1) is 6.92 Å². The summed E-state index contributed by atoms with van der Waals surface area (Å²) in [6.45, 7) is 1.34. The second kappa shape index (κ2) is 11.2. The average molecular weight is 487 g/mol. The fourth-order valence-electron chi connectivity index (χ4n) is 3.15. The zero-order valence-electron chi connectivity index (χ0n) is 18.8. The molecule has 2 N–H and O–H groups in total. The number of esters is 1. The molecule has 0 bridgehead atoms. The summed E-state index contributed by atoms with van der Waals surface area (Å²) in [4.78, 5) is 39.2. The van der Waals surface area contributed by atoms with E-state index in [1.807, 2.05) is 48.5 Å². The van der Waals surface area contributed by atoms with Crippen molar-refractivity contribution >= 4 is 40.9 Å². The molecule has 7 nitrogen and oxygen atoms in total. The molecule has 0 saturated carbocycles. The number of hydrogen-bond donors (Lipinski definition) is 2. The average Bonchev–Trinajstić information content (AvgIpc) is 3.41. The summed E-state index contributed by atoms with van der Waals surface area (Å²) in [5.41, 5.74) is 2.03. The van der Waals surface area contributed by atoms with Gasteiger partial charge in [-0.25, -0.2) is 4.79 Å². The van der Waals surface area contributed by atoms with Crippen LogP contribution in [-0.2, 0) is 9.53 Å². The molecular formula is C27H22N2O5S. The van der Waals surface area contributed by atoms with Crippen LogP contribution in [0.5, 0.6) is 0 Å². The predicted octanol–water partition coefficient (Wildman–Crippen LogP) is 5.79. The summed E-state index contributed by atoms with van der Waals surface area (Å²) >= 11 is 1.52. The summed E-state index contributed by atoms with van der Waals surface area (Å²) in [5.74, 6) is -1.42. The summed E-state index contributed by atoms with van der Waals surface area (Å²) in [5, 5.41) is 5.50. The van der Waals surface area contributed by atoms with Crippen molar-refractivity contribution in [3.8, 4) is 0 Å². The molecule has 1 heterocycles. The molecule has 4 aromatic rings. The zero-order chi connectivity index (χ0) is 24.6. The second-order valence-electron chi connectivity index (χ2n) is 7.50. The van der Waals surface area contributed by atoms with Gasteiger partial charge in [0.2, 0.25) is 0 Å². The highest BCUT2D eigenvalue weighted by molar-refractivity contribution is 7.99. The van der Waals surface area contributed by atoms with Crippen molar-refractivity contribution in [1.82, 2.24) is 0 Å². The summed E-state index contributed by atoms with van der Waals surface area (Å²) in [7, 11) is 0. The summed E-state index contributed by atoms with van der Waals surface area (Å²) in [6.07, 6.45) is 1.40. The number of hydrogen-bond acceptors (Lipinski definition) is 6. The van der Waals surface area contributed by atoms with E-state index in [0.29, 0.717) is 11.4 Å². The molecule has 0 aliphatic heterocycles. The van der Waals surface area contributed by atoms with E-state index in [9.17, 15) is 14.4 Å². The molecule has 0 aliphatic carbocycles. The number of carbonyl (C=O) groups is 3. The Balaban J connectivity index is 1.36. The van der Waals surface area contributed by atoms with Crippen LogP contribution in [0.4, 0.5) is 11.4 Å². The molecule has 3 aromatic carbocycles. The normalized spacial score (nSPS) is 10.4. The van der Waals surface area contributed by atoms with Crippen molar-refractivity contribution in [2.45, 2.75) is 16.7 Å². The summed E-state index contributed by atoms with van der Waals surface area (Å²) < 4.78 is 10.3. The smallest absolute Gasteiger partial charge is 0.338 e. The number of nitrogens with one attached hydrogen (secondary N) is 2. The van der Waals surface area contributed by atoms with Gasteiger partial charge in [0.25, 0.3) is 11.8 Å². The largest absolute Gasteiger partial charge is 0.459 e. The molecule has 0 spiro atoms. The standard InChI is InChI=1S/C27H22N2O5S/c1-18-13-14-19(16-22(18)29-26(31)23-11-7-15-33-23)27(32)34-17-25(30)28-21-10-5-6-12-24(21)35-20-8-3-2-4-9-20/h2-16H,17H2,1H3,(H,28,30)(H,29,31). The van der Waals surface area contributed by atoms with Gasteiger partial charge < -0.3 is 19.8 Å². The molecule has 4 rings (SSSR count). The van der Waals surface area contributed by atoms with Gasteiger partial charge in [-0.2, -0.15) is 0 Å². The first kappa shape index (κ1) is 23.8. The number of benzene rings is 3. The molecule has 1 aromatic heterocycles. The monoisotopic (exact) mass is 486 g/mol. The Labute approximate surface area is 206 Å². The van der Waals surface area contributed by atoms with E-state index in [1.54, 1.807) is 31.2 Å². The number of carbonyl (C=O) groups excluding carboxylic acids is 3. The quantitative estimate of drug-likeness (QED) is 0.306. The summed E-state index contributed by atoms with van der Waals surface area (Å²) in [6, 6.07) is 25.1. The van der Waals surface area contributed by atoms with Crippen LogP contribution in [0.3, 0.4) is 0 Å². The first-order valence-electron chi connectivity index (χ1n) is 10.7. The van der Waals surface area contributed by atoms with Crippen molar-refractivity contribution in [1.29, 1.82) is 0 Å². The Bertz CT molecular complexity index is 1340. The Hall–Kier alpha value is -4.30. The zero-order valence-corrected chi connectivity index (χ0v) is 19.6. The minimum Gasteiger partial charge on any atom is -0.459 e. The number of ether oxygens (including phenoxy) is 1. The van der Waals surface area contributed by atoms with Gasteiger partial charge in [0.15, 0.2) is 12.4 Å². The lowest BCUT2D eigenvalue weighted by atomic mass is 10.1. The van der Waals surface area contributed by atoms with Gasteiger partial charge in [-0.1, -0.05) is 48.2 Å². The predicted molar refractivity (Wildman–Crippen MR) is 134 cm³/mol. The van der Waals surface area contributed by atoms with Crippen molar-refractivity contribution in [3.05, 3.63) is 108 Å². The van der Waals surface area contributed by atoms with Gasteiger partial charge in [-0.15, -0.1) is 0 Å². The van der Waals surface area contributed by atoms with Crippen LogP contribution in [-0.4, -0.2) is 24.4 Å². The first-order chi connectivity index (χ1) is 17.0. The third kappa shape index (κ3) is 6.39. The topological polar surface area (TPSA) is 97.6 Å².